The zero-order chi connectivity index (χ0) is 21.5. The van der Waals surface area contributed by atoms with Gasteiger partial charge in [0.25, 0.3) is 0 Å². The Kier molecular flexibility index (Phi) is 7.07. The fourth-order valence-corrected chi connectivity index (χ4v) is 3.55. The molecule has 1 atom stereocenters. The number of nitrogens with zero attached hydrogens (tertiary/aromatic N) is 1. The Morgan fingerprint density at radius 3 is 2.30 bits per heavy atom. The number of ether oxygens (including phenoxy) is 1. The first-order valence-electron chi connectivity index (χ1n) is 10.3. The van der Waals surface area contributed by atoms with E-state index < -0.39 is 0 Å². The van der Waals surface area contributed by atoms with Gasteiger partial charge in [-0.05, 0) is 38.0 Å². The van der Waals surface area contributed by atoms with Gasteiger partial charge in [-0.25, -0.2) is 4.79 Å². The number of rotatable bonds is 8. The fraction of sp³-hybridized carbons (Fsp3) is 0.280. The zero-order valence-corrected chi connectivity index (χ0v) is 17.7. The summed E-state index contributed by atoms with van der Waals surface area (Å²) in [6, 6.07) is 21.5. The van der Waals surface area contributed by atoms with Crippen molar-refractivity contribution in [3.05, 3.63) is 83.6 Å². The highest BCUT2D eigenvalue weighted by atomic mass is 16.5. The molecule has 0 fully saturated rings. The number of hydrogen-bond donors (Lipinski definition) is 1. The molecule has 1 heterocycles. The Labute approximate surface area is 177 Å². The smallest absolute Gasteiger partial charge is 0.339 e. The summed E-state index contributed by atoms with van der Waals surface area (Å²) in [5.74, 6) is -0.371. The van der Waals surface area contributed by atoms with Crippen molar-refractivity contribution in [2.75, 3.05) is 6.61 Å². The van der Waals surface area contributed by atoms with Crippen LogP contribution in [0.4, 0.5) is 0 Å². The van der Waals surface area contributed by atoms with Crippen molar-refractivity contribution in [3.63, 3.8) is 0 Å². The Hall–Kier alpha value is -3.34. The molecule has 2 aromatic carbocycles. The van der Waals surface area contributed by atoms with Crippen LogP contribution >= 0.6 is 0 Å². The van der Waals surface area contributed by atoms with Crippen LogP contribution < -0.4 is 5.32 Å². The summed E-state index contributed by atoms with van der Waals surface area (Å²) in [5.41, 5.74) is 4.30. The fourth-order valence-electron chi connectivity index (χ4n) is 3.55. The molecular weight excluding hydrogens is 376 g/mol. The minimum Gasteiger partial charge on any atom is -0.462 e. The monoisotopic (exact) mass is 404 g/mol. The number of benzene rings is 2. The lowest BCUT2D eigenvalue weighted by atomic mass is 10.1. The molecule has 0 aliphatic heterocycles. The molecule has 0 saturated carbocycles. The number of nitrogens with one attached hydrogen (secondary N) is 1. The van der Waals surface area contributed by atoms with Crippen LogP contribution in [-0.2, 0) is 16.1 Å². The van der Waals surface area contributed by atoms with Crippen LogP contribution in [0.15, 0.2) is 66.7 Å². The van der Waals surface area contributed by atoms with Gasteiger partial charge >= 0.3 is 5.97 Å². The summed E-state index contributed by atoms with van der Waals surface area (Å²) in [5, 5.41) is 3.05. The molecule has 0 aliphatic carbocycles. The van der Waals surface area contributed by atoms with Gasteiger partial charge in [-0.15, -0.1) is 0 Å². The van der Waals surface area contributed by atoms with Crippen molar-refractivity contribution in [1.82, 2.24) is 9.88 Å². The van der Waals surface area contributed by atoms with Crippen LogP contribution in [0.5, 0.6) is 0 Å². The van der Waals surface area contributed by atoms with Gasteiger partial charge in [0, 0.05) is 24.4 Å². The Morgan fingerprint density at radius 2 is 1.67 bits per heavy atom. The van der Waals surface area contributed by atoms with Crippen molar-refractivity contribution in [2.24, 2.45) is 0 Å². The maximum atomic E-state index is 12.6. The number of esters is 1. The molecule has 0 saturated heterocycles. The SMILES string of the molecule is CCOC(=O)c1cc(-c2ccccc2)n(CCC(=O)N[C@H](C)c2ccccc2)c1C. The zero-order valence-electron chi connectivity index (χ0n) is 17.7. The molecule has 3 aromatic rings. The molecule has 0 aliphatic rings. The quantitative estimate of drug-likeness (QED) is 0.543. The van der Waals surface area contributed by atoms with Crippen LogP contribution in [0.25, 0.3) is 11.3 Å². The van der Waals surface area contributed by atoms with E-state index in [1.165, 1.54) is 0 Å². The first-order chi connectivity index (χ1) is 14.5. The van der Waals surface area contributed by atoms with Gasteiger partial charge in [0.15, 0.2) is 0 Å². The maximum Gasteiger partial charge on any atom is 0.339 e. The van der Waals surface area contributed by atoms with Gasteiger partial charge in [0.1, 0.15) is 0 Å². The molecule has 1 aromatic heterocycles. The van der Waals surface area contributed by atoms with E-state index in [2.05, 4.69) is 5.32 Å². The van der Waals surface area contributed by atoms with Crippen molar-refractivity contribution in [1.29, 1.82) is 0 Å². The molecule has 0 spiro atoms. The molecule has 1 N–H and O–H groups in total. The second-order valence-electron chi connectivity index (χ2n) is 7.22. The van der Waals surface area contributed by atoms with Crippen LogP contribution in [0, 0.1) is 6.92 Å². The Bertz CT molecular complexity index is 994. The van der Waals surface area contributed by atoms with E-state index in [1.54, 1.807) is 6.92 Å². The molecule has 1 amide bonds. The molecule has 3 rings (SSSR count). The van der Waals surface area contributed by atoms with Gasteiger partial charge in [-0.3, -0.25) is 4.79 Å². The van der Waals surface area contributed by atoms with E-state index in [-0.39, 0.29) is 17.9 Å². The van der Waals surface area contributed by atoms with E-state index in [0.717, 1.165) is 22.5 Å². The predicted molar refractivity (Wildman–Crippen MR) is 118 cm³/mol. The van der Waals surface area contributed by atoms with Crippen molar-refractivity contribution < 1.29 is 14.3 Å². The molecule has 5 nitrogen and oxygen atoms in total. The first-order valence-corrected chi connectivity index (χ1v) is 10.3. The van der Waals surface area contributed by atoms with Crippen molar-refractivity contribution in [2.45, 2.75) is 39.8 Å². The number of carbonyl (C=O) groups excluding carboxylic acids is 2. The second-order valence-corrected chi connectivity index (χ2v) is 7.22. The molecule has 156 valence electrons. The first kappa shape index (κ1) is 21.4. The summed E-state index contributed by atoms with van der Waals surface area (Å²) in [6.45, 7) is 6.46. The lowest BCUT2D eigenvalue weighted by Gasteiger charge is -2.16. The molecule has 0 radical (unpaired) electrons. The molecule has 0 unspecified atom stereocenters. The largest absolute Gasteiger partial charge is 0.462 e. The third kappa shape index (κ3) is 4.98. The van der Waals surface area contributed by atoms with E-state index in [4.69, 9.17) is 4.74 Å². The summed E-state index contributed by atoms with van der Waals surface area (Å²) in [6.07, 6.45) is 0.314. The topological polar surface area (TPSA) is 60.3 Å². The number of carbonyl (C=O) groups is 2. The van der Waals surface area contributed by atoms with Crippen LogP contribution in [0.2, 0.25) is 0 Å². The lowest BCUT2D eigenvalue weighted by molar-refractivity contribution is -0.121. The molecular formula is C25H28N2O3. The summed E-state index contributed by atoms with van der Waals surface area (Å²) in [4.78, 5) is 25.0. The van der Waals surface area contributed by atoms with Crippen molar-refractivity contribution >= 4 is 11.9 Å². The van der Waals surface area contributed by atoms with E-state index in [9.17, 15) is 9.59 Å². The van der Waals surface area contributed by atoms with Crippen LogP contribution in [-0.4, -0.2) is 23.1 Å². The molecule has 0 bridgehead atoms. The van der Waals surface area contributed by atoms with Crippen molar-refractivity contribution in [3.8, 4) is 11.3 Å². The highest BCUT2D eigenvalue weighted by Gasteiger charge is 2.20. The third-order valence-electron chi connectivity index (χ3n) is 5.17. The summed E-state index contributed by atoms with van der Waals surface area (Å²) in [7, 11) is 0. The number of hydrogen-bond acceptors (Lipinski definition) is 3. The highest BCUT2D eigenvalue weighted by molar-refractivity contribution is 5.92. The highest BCUT2D eigenvalue weighted by Crippen LogP contribution is 2.27. The van der Waals surface area contributed by atoms with Gasteiger partial charge in [0.2, 0.25) is 5.91 Å². The Morgan fingerprint density at radius 1 is 1.03 bits per heavy atom. The van der Waals surface area contributed by atoms with Gasteiger partial charge < -0.3 is 14.6 Å². The van der Waals surface area contributed by atoms with Crippen LogP contribution in [0.3, 0.4) is 0 Å². The minimum atomic E-state index is -0.340. The lowest BCUT2D eigenvalue weighted by Crippen LogP contribution is -2.27. The number of amides is 1. The minimum absolute atomic E-state index is 0.0313. The predicted octanol–water partition coefficient (Wildman–Crippen LogP) is 4.91. The van der Waals surface area contributed by atoms with Gasteiger partial charge in [-0.1, -0.05) is 60.7 Å². The van der Waals surface area contributed by atoms with Gasteiger partial charge in [-0.2, -0.15) is 0 Å². The average Bonchev–Trinajstić information content (AvgIpc) is 3.10. The second kappa shape index (κ2) is 9.92. The third-order valence-corrected chi connectivity index (χ3v) is 5.17. The summed E-state index contributed by atoms with van der Waals surface area (Å²) < 4.78 is 7.23. The number of aromatic nitrogens is 1. The average molecular weight is 405 g/mol. The van der Waals surface area contributed by atoms with E-state index >= 15 is 0 Å². The molecule has 30 heavy (non-hydrogen) atoms. The standard InChI is InChI=1S/C25H28N2O3/c1-4-30-25(29)22-17-23(21-13-9-6-10-14-21)27(19(22)3)16-15-24(28)26-18(2)20-11-7-5-8-12-20/h5-14,17-18H,4,15-16H2,1-3H3,(H,26,28)/t18-/m1/s1. The van der Waals surface area contributed by atoms with Crippen LogP contribution in [0.1, 0.15) is 47.9 Å². The normalized spacial score (nSPS) is 11.7. The van der Waals surface area contributed by atoms with E-state index in [1.807, 2.05) is 85.1 Å². The van der Waals surface area contributed by atoms with Gasteiger partial charge in [0.05, 0.1) is 18.2 Å². The summed E-state index contributed by atoms with van der Waals surface area (Å²) >= 11 is 0. The maximum absolute atomic E-state index is 12.6. The molecule has 5 heteroatoms. The Balaban J connectivity index is 1.78. The van der Waals surface area contributed by atoms with E-state index in [0.29, 0.717) is 25.1 Å².